The van der Waals surface area contributed by atoms with Crippen molar-refractivity contribution >= 4 is 61.6 Å². The van der Waals surface area contributed by atoms with E-state index in [1.807, 2.05) is 6.20 Å². The van der Waals surface area contributed by atoms with Gasteiger partial charge in [0, 0.05) is 51.3 Å². The lowest BCUT2D eigenvalue weighted by Crippen LogP contribution is -2.38. The van der Waals surface area contributed by atoms with Crippen molar-refractivity contribution in [2.24, 2.45) is 0 Å². The van der Waals surface area contributed by atoms with E-state index in [0.29, 0.717) is 6.67 Å². The molecule has 0 radical (unpaired) electrons. The summed E-state index contributed by atoms with van der Waals surface area (Å²) in [4.78, 5) is 12.4. The van der Waals surface area contributed by atoms with Crippen LogP contribution in [0.25, 0.3) is 27.6 Å². The van der Waals surface area contributed by atoms with Gasteiger partial charge in [0.1, 0.15) is 24.0 Å². The van der Waals surface area contributed by atoms with Crippen LogP contribution in [0.15, 0.2) is 164 Å². The van der Waals surface area contributed by atoms with Crippen molar-refractivity contribution in [3.05, 3.63) is 197 Å². The lowest BCUT2D eigenvalue weighted by atomic mass is 9.66. The maximum atomic E-state index is 7.02. The average molecular weight is 890 g/mol. The normalized spacial score (nSPS) is 15.6. The van der Waals surface area contributed by atoms with Gasteiger partial charge in [0.2, 0.25) is 0 Å². The number of fused-ring (bicyclic) bond motifs is 8. The molecule has 12 rings (SSSR count). The number of nitrogens with zero attached hydrogens (tertiary/aromatic N) is 5. The Bertz CT molecular complexity index is 3440. The first kappa shape index (κ1) is 42.1. The van der Waals surface area contributed by atoms with Crippen LogP contribution in [0.4, 0.5) is 39.8 Å². The molecule has 68 heavy (non-hydrogen) atoms. The molecule has 6 heteroatoms. The molecule has 7 aromatic carbocycles. The fraction of sp³-hybridized carbons (Fsp3) is 0.242. The van der Waals surface area contributed by atoms with Crippen molar-refractivity contribution in [3.8, 4) is 17.3 Å². The van der Waals surface area contributed by atoms with E-state index >= 15 is 0 Å². The predicted molar refractivity (Wildman–Crippen MR) is 283 cm³/mol. The van der Waals surface area contributed by atoms with Gasteiger partial charge in [-0.05, 0) is 123 Å². The molecule has 3 aliphatic rings. The Labute approximate surface area is 401 Å². The molecule has 0 amide bonds. The van der Waals surface area contributed by atoms with Gasteiger partial charge >= 0.3 is 0 Å². The van der Waals surface area contributed by atoms with Crippen LogP contribution in [0.2, 0.25) is 0 Å². The summed E-state index contributed by atoms with van der Waals surface area (Å²) >= 11 is 0. The molecule has 3 aliphatic heterocycles. The van der Waals surface area contributed by atoms with Crippen molar-refractivity contribution in [2.75, 3.05) is 21.4 Å². The van der Waals surface area contributed by atoms with Gasteiger partial charge in [-0.2, -0.15) is 0 Å². The van der Waals surface area contributed by atoms with Crippen molar-refractivity contribution < 1.29 is 4.74 Å². The first-order valence-electron chi connectivity index (χ1n) is 24.1. The van der Waals surface area contributed by atoms with Crippen LogP contribution in [-0.4, -0.2) is 16.2 Å². The summed E-state index contributed by atoms with van der Waals surface area (Å²) in [5, 5.41) is 2.35. The summed E-state index contributed by atoms with van der Waals surface area (Å²) < 4.78 is 9.30. The molecule has 0 spiro atoms. The minimum atomic E-state index is -0.230. The van der Waals surface area contributed by atoms with Crippen LogP contribution in [0, 0.1) is 0 Å². The van der Waals surface area contributed by atoms with Gasteiger partial charge in [-0.15, -0.1) is 0 Å². The zero-order chi connectivity index (χ0) is 47.1. The molecule has 0 unspecified atom stereocenters. The number of hydrogen-bond acceptors (Lipinski definition) is 5. The standard InChI is InChI=1S/C62H59N5O/c1-59(2,3)39-29-30-63-57(33-39)66-51-22-14-11-19-45(51)46-28-27-43(37-56(46)66)68-44-32-40(60(4,5)6)31-41(34-44)64-38-65(55-26-18-17-25-54(55)64)42-35-49-58-50(36-42)62(9,10)48-21-13-16-24-53(48)67(58)52-23-15-12-20-47(52)61(49,7)8/h11-37H,38H2,1-10H3. The maximum absolute atomic E-state index is 7.02. The van der Waals surface area contributed by atoms with Crippen LogP contribution in [0.3, 0.4) is 0 Å². The lowest BCUT2D eigenvalue weighted by Gasteiger charge is -2.50. The van der Waals surface area contributed by atoms with E-state index < -0.39 is 0 Å². The molecule has 0 atom stereocenters. The third-order valence-corrected chi connectivity index (χ3v) is 15.1. The number of para-hydroxylation sites is 5. The summed E-state index contributed by atoms with van der Waals surface area (Å²) in [5.74, 6) is 2.48. The Morgan fingerprint density at radius 3 is 1.63 bits per heavy atom. The van der Waals surface area contributed by atoms with E-state index in [2.05, 4.69) is 246 Å². The lowest BCUT2D eigenvalue weighted by molar-refractivity contribution is 0.479. The molecule has 9 aromatic rings. The van der Waals surface area contributed by atoms with Gasteiger partial charge in [-0.25, -0.2) is 4.98 Å². The predicted octanol–water partition coefficient (Wildman–Crippen LogP) is 16.6. The maximum Gasteiger partial charge on any atom is 0.137 e. The van der Waals surface area contributed by atoms with Gasteiger partial charge < -0.3 is 19.4 Å². The molecule has 0 fully saturated rings. The third kappa shape index (κ3) is 6.33. The highest BCUT2D eigenvalue weighted by Gasteiger charge is 2.46. The summed E-state index contributed by atoms with van der Waals surface area (Å²) in [7, 11) is 0. The summed E-state index contributed by atoms with van der Waals surface area (Å²) in [6, 6.07) is 58.1. The molecule has 2 aromatic heterocycles. The Balaban J connectivity index is 0.966. The van der Waals surface area contributed by atoms with E-state index in [0.717, 1.165) is 39.4 Å². The largest absolute Gasteiger partial charge is 0.457 e. The average Bonchev–Trinajstić information content (AvgIpc) is 3.87. The topological polar surface area (TPSA) is 36.8 Å². The van der Waals surface area contributed by atoms with Crippen molar-refractivity contribution in [3.63, 3.8) is 0 Å². The zero-order valence-corrected chi connectivity index (χ0v) is 40.9. The quantitative estimate of drug-likeness (QED) is 0.172. The number of aromatic nitrogens is 2. The fourth-order valence-corrected chi connectivity index (χ4v) is 11.3. The SMILES string of the molecule is CC(C)(C)c1cc(Oc2ccc3c4ccccc4n(-c4cc(C(C)(C)C)ccn4)c3c2)cc(N2CN(c3cc4c5c(c3)C(C)(C)c3ccccc3N5c3ccccc3C4(C)C)c3ccccc32)c1. The number of ether oxygens (including phenoxy) is 1. The third-order valence-electron chi connectivity index (χ3n) is 15.1. The van der Waals surface area contributed by atoms with Crippen molar-refractivity contribution in [1.29, 1.82) is 0 Å². The Morgan fingerprint density at radius 2 is 1.01 bits per heavy atom. The van der Waals surface area contributed by atoms with Crippen LogP contribution in [-0.2, 0) is 21.7 Å². The molecular weight excluding hydrogens is 831 g/mol. The highest BCUT2D eigenvalue weighted by Crippen LogP contribution is 2.61. The van der Waals surface area contributed by atoms with Gasteiger partial charge in [-0.3, -0.25) is 4.57 Å². The molecule has 0 bridgehead atoms. The van der Waals surface area contributed by atoms with Gasteiger partial charge in [-0.1, -0.05) is 136 Å². The van der Waals surface area contributed by atoms with Crippen LogP contribution >= 0.6 is 0 Å². The van der Waals surface area contributed by atoms with Crippen LogP contribution in [0.1, 0.15) is 103 Å². The molecule has 0 aliphatic carbocycles. The minimum Gasteiger partial charge on any atom is -0.457 e. The zero-order valence-electron chi connectivity index (χ0n) is 40.9. The molecule has 0 N–H and O–H groups in total. The Morgan fingerprint density at radius 1 is 0.471 bits per heavy atom. The second-order valence-corrected chi connectivity index (χ2v) is 22.2. The molecule has 0 saturated heterocycles. The minimum absolute atomic E-state index is 0.0144. The first-order valence-corrected chi connectivity index (χ1v) is 24.1. The van der Waals surface area contributed by atoms with E-state index in [1.54, 1.807) is 0 Å². The second kappa shape index (κ2) is 14.6. The second-order valence-electron chi connectivity index (χ2n) is 22.2. The van der Waals surface area contributed by atoms with Gasteiger partial charge in [0.05, 0.1) is 39.5 Å². The van der Waals surface area contributed by atoms with E-state index in [1.165, 1.54) is 72.9 Å². The van der Waals surface area contributed by atoms with Gasteiger partial charge in [0.25, 0.3) is 0 Å². The number of pyridine rings is 1. The van der Waals surface area contributed by atoms with Gasteiger partial charge in [0.15, 0.2) is 0 Å². The molecular formula is C62H59N5O. The van der Waals surface area contributed by atoms with Crippen molar-refractivity contribution in [2.45, 2.75) is 90.9 Å². The summed E-state index contributed by atoms with van der Waals surface area (Å²) in [6.07, 6.45) is 1.93. The molecule has 5 heterocycles. The molecule has 338 valence electrons. The highest BCUT2D eigenvalue weighted by molar-refractivity contribution is 6.09. The van der Waals surface area contributed by atoms with E-state index in [9.17, 15) is 0 Å². The smallest absolute Gasteiger partial charge is 0.137 e. The Kier molecular flexibility index (Phi) is 9.03. The van der Waals surface area contributed by atoms with Crippen LogP contribution in [0.5, 0.6) is 11.5 Å². The number of hydrogen-bond donors (Lipinski definition) is 0. The highest BCUT2D eigenvalue weighted by atomic mass is 16.5. The Hall–Kier alpha value is -7.31. The van der Waals surface area contributed by atoms with E-state index in [4.69, 9.17) is 9.72 Å². The number of rotatable bonds is 5. The van der Waals surface area contributed by atoms with E-state index in [-0.39, 0.29) is 21.7 Å². The molecule has 6 nitrogen and oxygen atoms in total. The summed E-state index contributed by atoms with van der Waals surface area (Å²) in [6.45, 7) is 23.8. The number of anilines is 7. The van der Waals surface area contributed by atoms with Crippen LogP contribution < -0.4 is 19.4 Å². The number of benzene rings is 7. The van der Waals surface area contributed by atoms with Crippen molar-refractivity contribution in [1.82, 2.24) is 9.55 Å². The first-order chi connectivity index (χ1) is 32.5. The summed E-state index contributed by atoms with van der Waals surface area (Å²) in [5.41, 5.74) is 17.9. The fourth-order valence-electron chi connectivity index (χ4n) is 11.3. The molecule has 0 saturated carbocycles. The monoisotopic (exact) mass is 889 g/mol.